The first-order chi connectivity index (χ1) is 8.36. The van der Waals surface area contributed by atoms with Crippen molar-refractivity contribution in [3.8, 4) is 11.1 Å². The van der Waals surface area contributed by atoms with E-state index in [0.717, 1.165) is 24.1 Å². The summed E-state index contributed by atoms with van der Waals surface area (Å²) >= 11 is 0. The summed E-state index contributed by atoms with van der Waals surface area (Å²) < 4.78 is 0. The van der Waals surface area contributed by atoms with Gasteiger partial charge in [0.25, 0.3) is 0 Å². The maximum absolute atomic E-state index is 6.00. The van der Waals surface area contributed by atoms with Crippen LogP contribution in [-0.2, 0) is 0 Å². The van der Waals surface area contributed by atoms with Gasteiger partial charge in [0.2, 0.25) is 0 Å². The van der Waals surface area contributed by atoms with Gasteiger partial charge in [-0.3, -0.25) is 4.98 Å². The molecule has 3 nitrogen and oxygen atoms in total. The fourth-order valence-electron chi connectivity index (χ4n) is 2.13. The Balaban J connectivity index is 2.05. The van der Waals surface area contributed by atoms with Crippen LogP contribution in [0.5, 0.6) is 0 Å². The van der Waals surface area contributed by atoms with Gasteiger partial charge in [-0.15, -0.1) is 0 Å². The number of aromatic nitrogens is 1. The van der Waals surface area contributed by atoms with Crippen molar-refractivity contribution in [2.24, 2.45) is 5.73 Å². The fraction of sp³-hybridized carbons (Fsp3) is 0.214. The third kappa shape index (κ3) is 1.78. The summed E-state index contributed by atoms with van der Waals surface area (Å²) in [5, 5.41) is 0. The number of anilines is 1. The standard InChI is InChI=1S/C14H14N3/c15-14-7-9-17(14)13-6-2-1-5-12(13)11-4-3-8-16-10-11/h1-6,8,14H,7,9,15H2. The second kappa shape index (κ2) is 4.18. The smallest absolute Gasteiger partial charge is 0.0971 e. The molecular weight excluding hydrogens is 210 g/mol. The van der Waals surface area contributed by atoms with Gasteiger partial charge in [0.1, 0.15) is 0 Å². The monoisotopic (exact) mass is 224 g/mol. The summed E-state index contributed by atoms with van der Waals surface area (Å²) in [5.74, 6) is 0. The van der Waals surface area contributed by atoms with Gasteiger partial charge in [-0.2, -0.15) is 0 Å². The topological polar surface area (TPSA) is 42.1 Å². The number of nitrogens with two attached hydrogens (primary N) is 1. The summed E-state index contributed by atoms with van der Waals surface area (Å²) in [7, 11) is 0. The minimum atomic E-state index is 0.146. The molecule has 0 bridgehead atoms. The van der Waals surface area contributed by atoms with Crippen molar-refractivity contribution in [1.29, 1.82) is 0 Å². The van der Waals surface area contributed by atoms with Crippen LogP contribution < -0.4 is 10.6 Å². The van der Waals surface area contributed by atoms with Gasteiger partial charge in [-0.25, -0.2) is 0 Å². The fourth-order valence-corrected chi connectivity index (χ4v) is 2.13. The molecule has 1 atom stereocenters. The lowest BCUT2D eigenvalue weighted by Gasteiger charge is -2.41. The lowest BCUT2D eigenvalue weighted by molar-refractivity contribution is 0.463. The molecule has 1 aliphatic rings. The Morgan fingerprint density at radius 2 is 2.12 bits per heavy atom. The molecule has 3 rings (SSSR count). The maximum Gasteiger partial charge on any atom is 0.0971 e. The Hall–Kier alpha value is -1.87. The van der Waals surface area contributed by atoms with E-state index in [1.165, 1.54) is 5.69 Å². The Kier molecular flexibility index (Phi) is 2.53. The van der Waals surface area contributed by atoms with Crippen LogP contribution in [0.3, 0.4) is 0 Å². The zero-order chi connectivity index (χ0) is 11.7. The average Bonchev–Trinajstić information content (AvgIpc) is 2.39. The predicted molar refractivity (Wildman–Crippen MR) is 68.4 cm³/mol. The van der Waals surface area contributed by atoms with Gasteiger partial charge in [-0.1, -0.05) is 24.3 Å². The van der Waals surface area contributed by atoms with Crippen molar-refractivity contribution in [2.45, 2.75) is 12.6 Å². The lowest BCUT2D eigenvalue weighted by Crippen LogP contribution is -2.53. The number of benzene rings is 1. The van der Waals surface area contributed by atoms with E-state index in [9.17, 15) is 0 Å². The van der Waals surface area contributed by atoms with Gasteiger partial charge in [0.05, 0.1) is 12.4 Å². The third-order valence-corrected chi connectivity index (χ3v) is 3.18. The number of nitrogens with zero attached hydrogens (tertiary/aromatic N) is 2. The highest BCUT2D eigenvalue weighted by Gasteiger charge is 2.26. The Labute approximate surface area is 101 Å². The minimum Gasteiger partial charge on any atom is -0.356 e. The van der Waals surface area contributed by atoms with Gasteiger partial charge in [-0.05, 0) is 18.6 Å². The van der Waals surface area contributed by atoms with Crippen LogP contribution in [0.4, 0.5) is 5.69 Å². The summed E-state index contributed by atoms with van der Waals surface area (Å²) in [6, 6.07) is 12.2. The molecule has 17 heavy (non-hydrogen) atoms. The zero-order valence-electron chi connectivity index (χ0n) is 9.50. The molecule has 1 saturated heterocycles. The highest BCUT2D eigenvalue weighted by molar-refractivity contribution is 5.78. The summed E-state index contributed by atoms with van der Waals surface area (Å²) in [4.78, 5) is 6.27. The van der Waals surface area contributed by atoms with E-state index >= 15 is 0 Å². The first-order valence-electron chi connectivity index (χ1n) is 5.80. The molecule has 0 amide bonds. The van der Waals surface area contributed by atoms with Crippen molar-refractivity contribution in [3.05, 3.63) is 48.8 Å². The number of para-hydroxylation sites is 1. The van der Waals surface area contributed by atoms with E-state index in [2.05, 4.69) is 28.2 Å². The third-order valence-electron chi connectivity index (χ3n) is 3.18. The van der Waals surface area contributed by atoms with Crippen molar-refractivity contribution in [2.75, 3.05) is 11.4 Å². The second-order valence-corrected chi connectivity index (χ2v) is 4.23. The number of hydrogen-bond acceptors (Lipinski definition) is 3. The molecular formula is C14H14N3. The van der Waals surface area contributed by atoms with Crippen LogP contribution in [0.1, 0.15) is 6.42 Å². The van der Waals surface area contributed by atoms with E-state index in [4.69, 9.17) is 5.73 Å². The van der Waals surface area contributed by atoms with Gasteiger partial charge >= 0.3 is 0 Å². The molecule has 2 heterocycles. The number of rotatable bonds is 2. The molecule has 1 radical (unpaired) electrons. The van der Waals surface area contributed by atoms with E-state index < -0.39 is 0 Å². The molecule has 0 spiro atoms. The molecule has 1 aromatic heterocycles. The summed E-state index contributed by atoms with van der Waals surface area (Å²) in [5.41, 5.74) is 9.34. The van der Waals surface area contributed by atoms with Crippen LogP contribution in [-0.4, -0.2) is 17.7 Å². The normalized spacial score (nSPS) is 18.9. The molecule has 1 aliphatic heterocycles. The highest BCUT2D eigenvalue weighted by atomic mass is 15.3. The van der Waals surface area contributed by atoms with Crippen molar-refractivity contribution in [1.82, 2.24) is 4.98 Å². The highest BCUT2D eigenvalue weighted by Crippen LogP contribution is 2.33. The first-order valence-corrected chi connectivity index (χ1v) is 5.80. The van der Waals surface area contributed by atoms with Gasteiger partial charge < -0.3 is 10.6 Å². The lowest BCUT2D eigenvalue weighted by atomic mass is 10.0. The van der Waals surface area contributed by atoms with Crippen LogP contribution in [0.15, 0.2) is 42.6 Å². The quantitative estimate of drug-likeness (QED) is 0.848. The van der Waals surface area contributed by atoms with Gasteiger partial charge in [0.15, 0.2) is 0 Å². The molecule has 1 fully saturated rings. The van der Waals surface area contributed by atoms with Crippen molar-refractivity contribution in [3.63, 3.8) is 0 Å². The van der Waals surface area contributed by atoms with Gasteiger partial charge in [0, 0.05) is 29.6 Å². The van der Waals surface area contributed by atoms with E-state index in [1.807, 2.05) is 24.3 Å². The van der Waals surface area contributed by atoms with Crippen LogP contribution in [0.25, 0.3) is 11.1 Å². The minimum absolute atomic E-state index is 0.146. The molecule has 0 aliphatic carbocycles. The average molecular weight is 224 g/mol. The van der Waals surface area contributed by atoms with Crippen LogP contribution >= 0.6 is 0 Å². The van der Waals surface area contributed by atoms with E-state index in [0.29, 0.717) is 0 Å². The Morgan fingerprint density at radius 1 is 1.24 bits per heavy atom. The molecule has 3 heteroatoms. The summed E-state index contributed by atoms with van der Waals surface area (Å²) in [6.07, 6.45) is 5.97. The molecule has 2 N–H and O–H groups in total. The van der Waals surface area contributed by atoms with Crippen molar-refractivity contribution >= 4 is 5.69 Å². The Morgan fingerprint density at radius 3 is 2.76 bits per heavy atom. The SMILES string of the molecule is NC1CCN1c1ccccc1-c1[c]nccc1. The van der Waals surface area contributed by atoms with E-state index in [1.54, 1.807) is 6.20 Å². The van der Waals surface area contributed by atoms with Crippen LogP contribution in [0.2, 0.25) is 0 Å². The predicted octanol–water partition coefficient (Wildman–Crippen LogP) is 2.04. The zero-order valence-corrected chi connectivity index (χ0v) is 9.50. The first kappa shape index (κ1) is 10.3. The number of pyridine rings is 1. The second-order valence-electron chi connectivity index (χ2n) is 4.23. The molecule has 2 aromatic rings. The molecule has 85 valence electrons. The molecule has 0 saturated carbocycles. The number of hydrogen-bond donors (Lipinski definition) is 1. The largest absolute Gasteiger partial charge is 0.356 e. The Bertz CT molecular complexity index is 510. The van der Waals surface area contributed by atoms with E-state index in [-0.39, 0.29) is 6.17 Å². The summed E-state index contributed by atoms with van der Waals surface area (Å²) in [6.45, 7) is 1.03. The molecule has 1 aromatic carbocycles. The van der Waals surface area contributed by atoms with Crippen molar-refractivity contribution < 1.29 is 0 Å². The maximum atomic E-state index is 6.00. The molecule has 1 unspecified atom stereocenters. The van der Waals surface area contributed by atoms with Crippen LogP contribution in [0, 0.1) is 6.20 Å².